The van der Waals surface area contributed by atoms with Gasteiger partial charge < -0.3 is 5.32 Å². The molecule has 126 valence electrons. The average molecular weight is 353 g/mol. The van der Waals surface area contributed by atoms with Crippen LogP contribution in [0.4, 0.5) is 0 Å². The van der Waals surface area contributed by atoms with Crippen molar-refractivity contribution in [2.75, 3.05) is 0 Å². The molecule has 0 atom stereocenters. The summed E-state index contributed by atoms with van der Waals surface area (Å²) in [6, 6.07) is 15.3. The van der Waals surface area contributed by atoms with Gasteiger partial charge in [-0.1, -0.05) is 48.0 Å². The van der Waals surface area contributed by atoms with Crippen LogP contribution in [0.3, 0.4) is 0 Å². The van der Waals surface area contributed by atoms with Gasteiger partial charge in [-0.3, -0.25) is 4.79 Å². The Hall–Kier alpha value is -2.92. The Bertz CT molecular complexity index is 857. The third-order valence-corrected chi connectivity index (χ3v) is 3.82. The molecule has 3 rings (SSSR count). The summed E-state index contributed by atoms with van der Waals surface area (Å²) in [5.41, 5.74) is 3.06. The van der Waals surface area contributed by atoms with Crippen LogP contribution in [0.2, 0.25) is 5.02 Å². The molecule has 25 heavy (non-hydrogen) atoms. The maximum absolute atomic E-state index is 12.0. The summed E-state index contributed by atoms with van der Waals surface area (Å²) in [6.07, 6.45) is 6.46. The van der Waals surface area contributed by atoms with E-state index in [1.165, 1.54) is 12.4 Å². The van der Waals surface area contributed by atoms with Gasteiger partial charge in [0.25, 0.3) is 0 Å². The monoisotopic (exact) mass is 352 g/mol. The number of halogens is 1. The molecule has 0 saturated heterocycles. The Morgan fingerprint density at radius 3 is 2.72 bits per heavy atom. The van der Waals surface area contributed by atoms with E-state index in [1.54, 1.807) is 29.2 Å². The van der Waals surface area contributed by atoms with Crippen LogP contribution < -0.4 is 5.32 Å². The van der Waals surface area contributed by atoms with Crippen LogP contribution in [-0.4, -0.2) is 20.7 Å². The van der Waals surface area contributed by atoms with Crippen molar-refractivity contribution in [2.45, 2.75) is 13.1 Å². The lowest BCUT2D eigenvalue weighted by molar-refractivity contribution is -0.116. The van der Waals surface area contributed by atoms with Crippen molar-refractivity contribution >= 4 is 23.6 Å². The molecule has 2 aromatic carbocycles. The number of benzene rings is 2. The molecule has 0 spiro atoms. The summed E-state index contributed by atoms with van der Waals surface area (Å²) in [4.78, 5) is 15.9. The maximum Gasteiger partial charge on any atom is 0.244 e. The third kappa shape index (κ3) is 5.29. The molecule has 1 N–H and O–H groups in total. The second-order valence-corrected chi connectivity index (χ2v) is 5.95. The van der Waals surface area contributed by atoms with Gasteiger partial charge in [0.2, 0.25) is 5.91 Å². The first kappa shape index (κ1) is 16.9. The van der Waals surface area contributed by atoms with Crippen molar-refractivity contribution in [1.29, 1.82) is 0 Å². The molecular weight excluding hydrogens is 336 g/mol. The molecule has 0 saturated carbocycles. The van der Waals surface area contributed by atoms with Crippen molar-refractivity contribution in [2.24, 2.45) is 0 Å². The zero-order valence-corrected chi connectivity index (χ0v) is 14.2. The van der Waals surface area contributed by atoms with E-state index in [1.807, 2.05) is 36.4 Å². The number of aromatic nitrogens is 3. The smallest absolute Gasteiger partial charge is 0.244 e. The maximum atomic E-state index is 12.0. The van der Waals surface area contributed by atoms with E-state index in [0.29, 0.717) is 18.1 Å². The molecule has 0 unspecified atom stereocenters. The van der Waals surface area contributed by atoms with E-state index < -0.39 is 0 Å². The molecule has 1 amide bonds. The van der Waals surface area contributed by atoms with E-state index >= 15 is 0 Å². The molecule has 1 aromatic heterocycles. The highest BCUT2D eigenvalue weighted by molar-refractivity contribution is 6.30. The fourth-order valence-electron chi connectivity index (χ4n) is 2.33. The summed E-state index contributed by atoms with van der Waals surface area (Å²) in [5, 5.41) is 7.65. The van der Waals surface area contributed by atoms with Crippen LogP contribution in [0.5, 0.6) is 0 Å². The van der Waals surface area contributed by atoms with E-state index in [0.717, 1.165) is 16.7 Å². The van der Waals surface area contributed by atoms with E-state index in [2.05, 4.69) is 15.4 Å². The summed E-state index contributed by atoms with van der Waals surface area (Å²) in [5.74, 6) is -0.142. The average Bonchev–Trinajstić information content (AvgIpc) is 3.13. The topological polar surface area (TPSA) is 59.8 Å². The number of nitrogens with one attached hydrogen (secondary N) is 1. The van der Waals surface area contributed by atoms with Crippen molar-refractivity contribution in [3.8, 4) is 0 Å². The van der Waals surface area contributed by atoms with Gasteiger partial charge >= 0.3 is 0 Å². The predicted octanol–water partition coefficient (Wildman–Crippen LogP) is 3.31. The molecule has 5 nitrogen and oxygen atoms in total. The van der Waals surface area contributed by atoms with Crippen LogP contribution in [0, 0.1) is 0 Å². The van der Waals surface area contributed by atoms with Crippen LogP contribution in [-0.2, 0) is 17.9 Å². The number of hydrogen-bond donors (Lipinski definition) is 1. The van der Waals surface area contributed by atoms with Crippen LogP contribution in [0.15, 0.2) is 67.3 Å². The van der Waals surface area contributed by atoms with Crippen LogP contribution in [0.25, 0.3) is 6.08 Å². The number of carbonyl (C=O) groups is 1. The van der Waals surface area contributed by atoms with Gasteiger partial charge in [-0.05, 0) is 34.9 Å². The van der Waals surface area contributed by atoms with Gasteiger partial charge in [0, 0.05) is 17.6 Å². The molecule has 3 aromatic rings. The minimum absolute atomic E-state index is 0.142. The Kier molecular flexibility index (Phi) is 5.59. The molecule has 0 bridgehead atoms. The molecule has 0 aliphatic carbocycles. The Labute approximate surface area is 151 Å². The van der Waals surface area contributed by atoms with Gasteiger partial charge in [0.1, 0.15) is 12.7 Å². The van der Waals surface area contributed by atoms with E-state index in [-0.39, 0.29) is 5.91 Å². The fourth-order valence-corrected chi connectivity index (χ4v) is 2.46. The highest BCUT2D eigenvalue weighted by Crippen LogP contribution is 2.10. The summed E-state index contributed by atoms with van der Waals surface area (Å²) in [6.45, 7) is 1.12. The summed E-state index contributed by atoms with van der Waals surface area (Å²) in [7, 11) is 0. The van der Waals surface area contributed by atoms with E-state index in [9.17, 15) is 4.79 Å². The Morgan fingerprint density at radius 1 is 1.16 bits per heavy atom. The standard InChI is InChI=1S/C19H17ClN4O/c20-18-7-4-15(5-8-18)6-9-19(25)22-11-16-2-1-3-17(10-16)12-24-14-21-13-23-24/h1-10,13-14H,11-12H2,(H,22,25). The number of nitrogens with zero attached hydrogens (tertiary/aromatic N) is 3. The minimum Gasteiger partial charge on any atom is -0.348 e. The Morgan fingerprint density at radius 2 is 1.96 bits per heavy atom. The quantitative estimate of drug-likeness (QED) is 0.692. The van der Waals surface area contributed by atoms with Crippen molar-refractivity contribution in [1.82, 2.24) is 20.1 Å². The molecule has 0 fully saturated rings. The normalized spacial score (nSPS) is 10.9. The third-order valence-electron chi connectivity index (χ3n) is 3.57. The van der Waals surface area contributed by atoms with Crippen LogP contribution in [0.1, 0.15) is 16.7 Å². The number of amides is 1. The lowest BCUT2D eigenvalue weighted by atomic mass is 10.1. The lowest BCUT2D eigenvalue weighted by Gasteiger charge is -2.06. The summed E-state index contributed by atoms with van der Waals surface area (Å²) >= 11 is 5.84. The largest absolute Gasteiger partial charge is 0.348 e. The highest BCUT2D eigenvalue weighted by Gasteiger charge is 2.00. The zero-order valence-electron chi connectivity index (χ0n) is 13.5. The van der Waals surface area contributed by atoms with Gasteiger partial charge in [0.05, 0.1) is 6.54 Å². The highest BCUT2D eigenvalue weighted by atomic mass is 35.5. The Balaban J connectivity index is 1.54. The number of hydrogen-bond acceptors (Lipinski definition) is 3. The fraction of sp³-hybridized carbons (Fsp3) is 0.105. The second kappa shape index (κ2) is 8.26. The SMILES string of the molecule is O=C(C=Cc1ccc(Cl)cc1)NCc1cccc(Cn2cncn2)c1. The van der Waals surface area contributed by atoms with Gasteiger partial charge in [-0.2, -0.15) is 5.10 Å². The first-order valence-electron chi connectivity index (χ1n) is 7.81. The molecule has 0 aliphatic heterocycles. The zero-order chi connectivity index (χ0) is 17.5. The second-order valence-electron chi connectivity index (χ2n) is 5.52. The molecule has 6 heteroatoms. The number of rotatable bonds is 6. The van der Waals surface area contributed by atoms with E-state index in [4.69, 9.17) is 11.6 Å². The molecular formula is C19H17ClN4O. The molecule has 1 heterocycles. The first-order chi connectivity index (χ1) is 12.2. The van der Waals surface area contributed by atoms with Crippen molar-refractivity contribution in [3.05, 3.63) is 89.0 Å². The molecule has 0 aliphatic rings. The van der Waals surface area contributed by atoms with Gasteiger partial charge in [-0.25, -0.2) is 9.67 Å². The molecule has 0 radical (unpaired) electrons. The van der Waals surface area contributed by atoms with Crippen molar-refractivity contribution in [3.63, 3.8) is 0 Å². The lowest BCUT2D eigenvalue weighted by Crippen LogP contribution is -2.20. The first-order valence-corrected chi connectivity index (χ1v) is 8.18. The minimum atomic E-state index is -0.142. The van der Waals surface area contributed by atoms with Gasteiger partial charge in [0.15, 0.2) is 0 Å². The predicted molar refractivity (Wildman–Crippen MR) is 97.9 cm³/mol. The number of carbonyl (C=O) groups excluding carboxylic acids is 1. The van der Waals surface area contributed by atoms with Gasteiger partial charge in [-0.15, -0.1) is 0 Å². The summed E-state index contributed by atoms with van der Waals surface area (Å²) < 4.78 is 1.76. The van der Waals surface area contributed by atoms with Crippen LogP contribution >= 0.6 is 11.6 Å². The van der Waals surface area contributed by atoms with Crippen molar-refractivity contribution < 1.29 is 4.79 Å².